The van der Waals surface area contributed by atoms with E-state index < -0.39 is 23.9 Å². The van der Waals surface area contributed by atoms with Crippen LogP contribution in [-0.4, -0.2) is 41.9 Å². The van der Waals surface area contributed by atoms with Gasteiger partial charge in [-0.05, 0) is 34.1 Å². The molecule has 1 fully saturated rings. The fourth-order valence-electron chi connectivity index (χ4n) is 1.73. The molecule has 1 aliphatic heterocycles. The van der Waals surface area contributed by atoms with Gasteiger partial charge in [-0.15, -0.1) is 0 Å². The lowest BCUT2D eigenvalue weighted by Gasteiger charge is -2.27. The van der Waals surface area contributed by atoms with E-state index in [0.29, 0.717) is 13.0 Å². The summed E-state index contributed by atoms with van der Waals surface area (Å²) in [6, 6.07) is 0. The lowest BCUT2D eigenvalue weighted by molar-refractivity contribution is -0.197. The molecule has 0 aromatic rings. The number of ether oxygens (including phenoxy) is 2. The van der Waals surface area contributed by atoms with Crippen molar-refractivity contribution in [3.63, 3.8) is 0 Å². The second-order valence-corrected chi connectivity index (χ2v) is 5.48. The van der Waals surface area contributed by atoms with Gasteiger partial charge >= 0.3 is 12.7 Å². The molecule has 1 heterocycles. The summed E-state index contributed by atoms with van der Waals surface area (Å²) in [6.45, 7) is 4.54. The second-order valence-electron chi connectivity index (χ2n) is 5.48. The molecule has 0 aromatic heterocycles. The average Bonchev–Trinajstić information content (AvgIpc) is 2.43. The third-order valence-corrected chi connectivity index (χ3v) is 2.46. The van der Waals surface area contributed by atoms with Gasteiger partial charge < -0.3 is 14.4 Å². The van der Waals surface area contributed by atoms with Gasteiger partial charge in [-0.3, -0.25) is 0 Å². The van der Waals surface area contributed by atoms with E-state index in [2.05, 4.69) is 4.74 Å². The molecular formula is C11H19F2NO3. The lowest BCUT2D eigenvalue weighted by atomic mass is 10.1. The third kappa shape index (κ3) is 4.46. The summed E-state index contributed by atoms with van der Waals surface area (Å²) >= 11 is 0. The maximum absolute atomic E-state index is 12.2. The standard InChI is InChI=1S/C11H19F2NO3/c1-10(2,3)17-9(15)14-6-5-11(4,7-14)16-8(12)13/h8H,5-7H2,1-4H3. The van der Waals surface area contributed by atoms with Crippen LogP contribution < -0.4 is 0 Å². The van der Waals surface area contributed by atoms with Gasteiger partial charge in [0.15, 0.2) is 0 Å². The smallest absolute Gasteiger partial charge is 0.410 e. The van der Waals surface area contributed by atoms with E-state index in [1.807, 2.05) is 0 Å². The van der Waals surface area contributed by atoms with Crippen LogP contribution in [0.1, 0.15) is 34.1 Å². The van der Waals surface area contributed by atoms with Crippen LogP contribution in [0.5, 0.6) is 0 Å². The Morgan fingerprint density at radius 1 is 1.41 bits per heavy atom. The highest BCUT2D eigenvalue weighted by Crippen LogP contribution is 2.28. The van der Waals surface area contributed by atoms with E-state index in [-0.39, 0.29) is 6.54 Å². The summed E-state index contributed by atoms with van der Waals surface area (Å²) in [7, 11) is 0. The number of carbonyl (C=O) groups is 1. The number of likely N-dealkylation sites (tertiary alicyclic amines) is 1. The minimum atomic E-state index is -2.82. The Balaban J connectivity index is 2.52. The summed E-state index contributed by atoms with van der Waals surface area (Å²) in [4.78, 5) is 13.1. The van der Waals surface area contributed by atoms with Crippen molar-refractivity contribution >= 4 is 6.09 Å². The number of alkyl halides is 2. The van der Waals surface area contributed by atoms with Crippen LogP contribution in [0.4, 0.5) is 13.6 Å². The van der Waals surface area contributed by atoms with Crippen molar-refractivity contribution in [3.05, 3.63) is 0 Å². The van der Waals surface area contributed by atoms with Crippen molar-refractivity contribution in [2.75, 3.05) is 13.1 Å². The van der Waals surface area contributed by atoms with Crippen LogP contribution in [-0.2, 0) is 9.47 Å². The molecule has 0 N–H and O–H groups in total. The number of nitrogens with zero attached hydrogens (tertiary/aromatic N) is 1. The average molecular weight is 251 g/mol. The van der Waals surface area contributed by atoms with Gasteiger partial charge in [0.2, 0.25) is 0 Å². The largest absolute Gasteiger partial charge is 0.444 e. The fourth-order valence-corrected chi connectivity index (χ4v) is 1.73. The molecule has 1 atom stereocenters. The van der Waals surface area contributed by atoms with E-state index in [0.717, 1.165) is 0 Å². The maximum Gasteiger partial charge on any atom is 0.410 e. The van der Waals surface area contributed by atoms with E-state index in [4.69, 9.17) is 4.74 Å². The molecule has 1 unspecified atom stereocenters. The van der Waals surface area contributed by atoms with E-state index >= 15 is 0 Å². The van der Waals surface area contributed by atoms with Crippen LogP contribution >= 0.6 is 0 Å². The molecular weight excluding hydrogens is 232 g/mol. The van der Waals surface area contributed by atoms with Crippen molar-refractivity contribution < 1.29 is 23.0 Å². The highest BCUT2D eigenvalue weighted by Gasteiger charge is 2.40. The van der Waals surface area contributed by atoms with Gasteiger partial charge in [0.05, 0.1) is 12.1 Å². The van der Waals surface area contributed by atoms with Crippen molar-refractivity contribution in [2.24, 2.45) is 0 Å². The molecule has 17 heavy (non-hydrogen) atoms. The molecule has 6 heteroatoms. The SMILES string of the molecule is CC(C)(C)OC(=O)N1CCC(C)(OC(F)F)C1. The van der Waals surface area contributed by atoms with Gasteiger partial charge in [-0.1, -0.05) is 0 Å². The molecule has 1 aliphatic rings. The molecule has 1 saturated heterocycles. The van der Waals surface area contributed by atoms with Crippen LogP contribution in [0, 0.1) is 0 Å². The zero-order chi connectivity index (χ0) is 13.3. The molecule has 0 saturated carbocycles. The number of rotatable bonds is 2. The molecule has 0 radical (unpaired) electrons. The van der Waals surface area contributed by atoms with Crippen LogP contribution in [0.3, 0.4) is 0 Å². The van der Waals surface area contributed by atoms with E-state index in [1.165, 1.54) is 4.90 Å². The zero-order valence-electron chi connectivity index (χ0n) is 10.6. The molecule has 0 aliphatic carbocycles. The number of hydrogen-bond acceptors (Lipinski definition) is 3. The normalized spacial score (nSPS) is 25.5. The molecule has 1 rings (SSSR count). The number of carbonyl (C=O) groups excluding carboxylic acids is 1. The zero-order valence-corrected chi connectivity index (χ0v) is 10.6. The third-order valence-electron chi connectivity index (χ3n) is 2.46. The fraction of sp³-hybridized carbons (Fsp3) is 0.909. The Labute approximate surface area is 99.9 Å². The molecule has 0 aromatic carbocycles. The minimum absolute atomic E-state index is 0.131. The molecule has 100 valence electrons. The van der Waals surface area contributed by atoms with E-state index in [9.17, 15) is 13.6 Å². The van der Waals surface area contributed by atoms with Crippen molar-refractivity contribution in [1.29, 1.82) is 0 Å². The predicted molar refractivity (Wildman–Crippen MR) is 57.9 cm³/mol. The van der Waals surface area contributed by atoms with Gasteiger partial charge in [-0.2, -0.15) is 8.78 Å². The van der Waals surface area contributed by atoms with Crippen molar-refractivity contribution in [1.82, 2.24) is 4.90 Å². The quantitative estimate of drug-likeness (QED) is 0.757. The van der Waals surface area contributed by atoms with Gasteiger partial charge in [-0.25, -0.2) is 4.79 Å². The summed E-state index contributed by atoms with van der Waals surface area (Å²) in [5, 5.41) is 0. The predicted octanol–water partition coefficient (Wildman–Crippen LogP) is 2.63. The first-order valence-corrected chi connectivity index (χ1v) is 5.55. The minimum Gasteiger partial charge on any atom is -0.444 e. The molecule has 0 spiro atoms. The summed E-state index contributed by atoms with van der Waals surface area (Å²) in [6.07, 6.45) is -0.101. The van der Waals surface area contributed by atoms with Gasteiger partial charge in [0.1, 0.15) is 5.60 Å². The molecule has 4 nitrogen and oxygen atoms in total. The summed E-state index contributed by atoms with van der Waals surface area (Å²) in [5.41, 5.74) is -1.56. The Bertz CT molecular complexity index is 291. The maximum atomic E-state index is 12.2. The molecule has 0 bridgehead atoms. The van der Waals surface area contributed by atoms with Crippen LogP contribution in [0.25, 0.3) is 0 Å². The number of amides is 1. The van der Waals surface area contributed by atoms with Crippen LogP contribution in [0.15, 0.2) is 0 Å². The Hall–Kier alpha value is -0.910. The summed E-state index contributed by atoms with van der Waals surface area (Å²) in [5.74, 6) is 0. The van der Waals surface area contributed by atoms with Gasteiger partial charge in [0.25, 0.3) is 0 Å². The van der Waals surface area contributed by atoms with E-state index in [1.54, 1.807) is 27.7 Å². The van der Waals surface area contributed by atoms with Gasteiger partial charge in [0, 0.05) is 6.54 Å². The number of hydrogen-bond donors (Lipinski definition) is 0. The Morgan fingerprint density at radius 3 is 2.47 bits per heavy atom. The highest BCUT2D eigenvalue weighted by atomic mass is 19.3. The first-order valence-electron chi connectivity index (χ1n) is 5.55. The second kappa shape index (κ2) is 4.76. The summed E-state index contributed by atoms with van der Waals surface area (Å²) < 4.78 is 34.0. The first-order chi connectivity index (χ1) is 7.61. The topological polar surface area (TPSA) is 38.8 Å². The Morgan fingerprint density at radius 2 is 2.00 bits per heavy atom. The highest BCUT2D eigenvalue weighted by molar-refractivity contribution is 5.68. The lowest BCUT2D eigenvalue weighted by Crippen LogP contribution is -2.39. The number of halogens is 2. The molecule has 1 amide bonds. The first kappa shape index (κ1) is 14.2. The van der Waals surface area contributed by atoms with Crippen molar-refractivity contribution in [2.45, 2.75) is 51.9 Å². The monoisotopic (exact) mass is 251 g/mol. The van der Waals surface area contributed by atoms with Crippen LogP contribution in [0.2, 0.25) is 0 Å². The Kier molecular flexibility index (Phi) is 3.96. The van der Waals surface area contributed by atoms with Crippen molar-refractivity contribution in [3.8, 4) is 0 Å².